The first kappa shape index (κ1) is 20.5. The highest BCUT2D eigenvalue weighted by atomic mass is 35.5. The van der Waals surface area contributed by atoms with Crippen LogP contribution in [0.3, 0.4) is 0 Å². The highest BCUT2D eigenvalue weighted by Gasteiger charge is 2.24. The van der Waals surface area contributed by atoms with Crippen LogP contribution in [0.15, 0.2) is 72.4 Å². The number of amides is 1. The van der Waals surface area contributed by atoms with Crippen LogP contribution in [0.5, 0.6) is 0 Å². The van der Waals surface area contributed by atoms with Crippen LogP contribution in [0.2, 0.25) is 5.02 Å². The van der Waals surface area contributed by atoms with Crippen LogP contribution in [-0.2, 0) is 16.8 Å². The summed E-state index contributed by atoms with van der Waals surface area (Å²) in [5.41, 5.74) is 6.13. The van der Waals surface area contributed by atoms with E-state index in [1.807, 2.05) is 12.1 Å². The Morgan fingerprint density at radius 1 is 1.00 bits per heavy atom. The van der Waals surface area contributed by atoms with Gasteiger partial charge in [0.1, 0.15) is 0 Å². The number of rotatable bonds is 3. The smallest absolute Gasteiger partial charge is 0.252 e. The van der Waals surface area contributed by atoms with Crippen LogP contribution in [-0.4, -0.2) is 10.5 Å². The summed E-state index contributed by atoms with van der Waals surface area (Å²) >= 11 is 5.99. The molecule has 2 aromatic carbocycles. The molecule has 3 aromatic rings. The molecule has 30 heavy (non-hydrogen) atoms. The summed E-state index contributed by atoms with van der Waals surface area (Å²) in [6.45, 7) is 7.54. The van der Waals surface area contributed by atoms with Gasteiger partial charge < -0.3 is 9.88 Å². The largest absolute Gasteiger partial charge is 0.347 e. The van der Waals surface area contributed by atoms with Gasteiger partial charge in [0.25, 0.3) is 5.91 Å². The maximum absolute atomic E-state index is 13.3. The Labute approximate surface area is 183 Å². The zero-order valence-corrected chi connectivity index (χ0v) is 18.5. The zero-order chi connectivity index (χ0) is 21.3. The summed E-state index contributed by atoms with van der Waals surface area (Å²) in [5, 5.41) is 3.71. The lowest BCUT2D eigenvalue weighted by Gasteiger charge is -2.20. The maximum Gasteiger partial charge on any atom is 0.252 e. The molecule has 0 fully saturated rings. The SMILES string of the molecule is CC(C)(C)c1ccc(C2=C(C(=O)Nc3ccc(Cl)cc3)CCCn3cccc32)cc1. The van der Waals surface area contributed by atoms with Crippen molar-refractivity contribution in [2.45, 2.75) is 45.6 Å². The van der Waals surface area contributed by atoms with E-state index in [1.54, 1.807) is 12.1 Å². The number of fused-ring (bicyclic) bond motifs is 1. The number of nitrogens with zero attached hydrogens (tertiary/aromatic N) is 1. The van der Waals surface area contributed by atoms with Gasteiger partial charge in [-0.05, 0) is 65.8 Å². The molecule has 0 spiro atoms. The Kier molecular flexibility index (Phi) is 5.57. The summed E-state index contributed by atoms with van der Waals surface area (Å²) in [7, 11) is 0. The molecule has 154 valence electrons. The Morgan fingerprint density at radius 3 is 2.37 bits per heavy atom. The molecule has 1 aromatic heterocycles. The van der Waals surface area contributed by atoms with Gasteiger partial charge in [0.05, 0.1) is 0 Å². The van der Waals surface area contributed by atoms with Gasteiger partial charge in [0, 0.05) is 40.3 Å². The number of halogens is 1. The molecule has 4 heteroatoms. The number of benzene rings is 2. The van der Waals surface area contributed by atoms with Crippen LogP contribution in [0.25, 0.3) is 5.57 Å². The van der Waals surface area contributed by atoms with Crippen molar-refractivity contribution in [3.05, 3.63) is 94.3 Å². The third kappa shape index (κ3) is 4.22. The molecule has 0 bridgehead atoms. The number of nitrogens with one attached hydrogen (secondary N) is 1. The van der Waals surface area contributed by atoms with Gasteiger partial charge in [-0.15, -0.1) is 0 Å². The fourth-order valence-electron chi connectivity index (χ4n) is 3.97. The van der Waals surface area contributed by atoms with Gasteiger partial charge in [-0.25, -0.2) is 0 Å². The summed E-state index contributed by atoms with van der Waals surface area (Å²) in [6.07, 6.45) is 3.75. The van der Waals surface area contributed by atoms with E-state index in [2.05, 4.69) is 73.3 Å². The predicted octanol–water partition coefficient (Wildman–Crippen LogP) is 6.67. The van der Waals surface area contributed by atoms with E-state index >= 15 is 0 Å². The van der Waals surface area contributed by atoms with E-state index in [0.717, 1.165) is 47.5 Å². The number of hydrogen-bond acceptors (Lipinski definition) is 1. The molecule has 0 aliphatic carbocycles. The van der Waals surface area contributed by atoms with Crippen molar-refractivity contribution < 1.29 is 4.79 Å². The van der Waals surface area contributed by atoms with Crippen molar-refractivity contribution in [1.82, 2.24) is 4.57 Å². The van der Waals surface area contributed by atoms with E-state index in [4.69, 9.17) is 11.6 Å². The molecular formula is C26H27ClN2O. The number of aromatic nitrogens is 1. The van der Waals surface area contributed by atoms with Gasteiger partial charge >= 0.3 is 0 Å². The lowest BCUT2D eigenvalue weighted by Crippen LogP contribution is -2.16. The highest BCUT2D eigenvalue weighted by Crippen LogP contribution is 2.34. The van der Waals surface area contributed by atoms with Crippen LogP contribution in [0.4, 0.5) is 5.69 Å². The molecule has 2 heterocycles. The van der Waals surface area contributed by atoms with Gasteiger partial charge in [-0.1, -0.05) is 56.6 Å². The summed E-state index contributed by atoms with van der Waals surface area (Å²) in [6, 6.07) is 20.0. The topological polar surface area (TPSA) is 34.0 Å². The van der Waals surface area contributed by atoms with E-state index in [-0.39, 0.29) is 11.3 Å². The van der Waals surface area contributed by atoms with E-state index in [1.165, 1.54) is 5.56 Å². The zero-order valence-electron chi connectivity index (χ0n) is 17.7. The Bertz CT molecular complexity index is 1080. The molecule has 1 aliphatic rings. The van der Waals surface area contributed by atoms with Gasteiger partial charge in [0.2, 0.25) is 0 Å². The second-order valence-corrected chi connectivity index (χ2v) is 9.27. The highest BCUT2D eigenvalue weighted by molar-refractivity contribution is 6.30. The number of anilines is 1. The van der Waals surface area contributed by atoms with Gasteiger partial charge in [-0.2, -0.15) is 0 Å². The van der Waals surface area contributed by atoms with Crippen molar-refractivity contribution in [3.63, 3.8) is 0 Å². The molecule has 1 N–H and O–H groups in total. The summed E-state index contributed by atoms with van der Waals surface area (Å²) in [4.78, 5) is 13.3. The van der Waals surface area contributed by atoms with Crippen LogP contribution >= 0.6 is 11.6 Å². The molecule has 0 unspecified atom stereocenters. The van der Waals surface area contributed by atoms with E-state index in [0.29, 0.717) is 5.02 Å². The molecule has 4 rings (SSSR count). The first-order valence-electron chi connectivity index (χ1n) is 10.4. The molecule has 1 aliphatic heterocycles. The van der Waals surface area contributed by atoms with Crippen molar-refractivity contribution in [2.24, 2.45) is 0 Å². The molecular weight excluding hydrogens is 392 g/mol. The van der Waals surface area contributed by atoms with Crippen LogP contribution < -0.4 is 5.32 Å². The second kappa shape index (κ2) is 8.16. The van der Waals surface area contributed by atoms with Crippen molar-refractivity contribution in [2.75, 3.05) is 5.32 Å². The number of hydrogen-bond donors (Lipinski definition) is 1. The Hall–Kier alpha value is -2.78. The number of aryl methyl sites for hydroxylation is 1. The first-order chi connectivity index (χ1) is 14.3. The third-order valence-electron chi connectivity index (χ3n) is 5.63. The van der Waals surface area contributed by atoms with E-state index < -0.39 is 0 Å². The van der Waals surface area contributed by atoms with E-state index in [9.17, 15) is 4.79 Å². The number of carbonyl (C=O) groups excluding carboxylic acids is 1. The molecule has 0 saturated heterocycles. The Morgan fingerprint density at radius 2 is 1.70 bits per heavy atom. The fraction of sp³-hybridized carbons (Fsp3) is 0.269. The predicted molar refractivity (Wildman–Crippen MR) is 125 cm³/mol. The Balaban J connectivity index is 1.78. The average molecular weight is 419 g/mol. The minimum Gasteiger partial charge on any atom is -0.347 e. The average Bonchev–Trinajstić information content (AvgIpc) is 3.09. The molecule has 1 amide bonds. The normalized spacial score (nSPS) is 14.3. The minimum absolute atomic E-state index is 0.0538. The second-order valence-electron chi connectivity index (χ2n) is 8.83. The minimum atomic E-state index is -0.0538. The quantitative estimate of drug-likeness (QED) is 0.506. The lowest BCUT2D eigenvalue weighted by atomic mass is 9.85. The standard InChI is InChI=1S/C26H27ClN2O/c1-26(2,3)19-10-8-18(9-11-19)24-22(6-4-16-29-17-5-7-23(24)29)25(30)28-21-14-12-20(27)13-15-21/h5,7-15,17H,4,6,16H2,1-3H3,(H,28,30). The monoisotopic (exact) mass is 418 g/mol. The fourth-order valence-corrected chi connectivity index (χ4v) is 4.09. The molecule has 0 atom stereocenters. The summed E-state index contributed by atoms with van der Waals surface area (Å²) in [5.74, 6) is -0.0538. The molecule has 0 radical (unpaired) electrons. The lowest BCUT2D eigenvalue weighted by molar-refractivity contribution is -0.112. The molecule has 3 nitrogen and oxygen atoms in total. The van der Waals surface area contributed by atoms with Crippen molar-refractivity contribution in [3.8, 4) is 0 Å². The maximum atomic E-state index is 13.3. The van der Waals surface area contributed by atoms with Crippen molar-refractivity contribution >= 4 is 28.8 Å². The number of carbonyl (C=O) groups is 1. The first-order valence-corrected chi connectivity index (χ1v) is 10.8. The van der Waals surface area contributed by atoms with Crippen molar-refractivity contribution in [1.29, 1.82) is 0 Å². The summed E-state index contributed by atoms with van der Waals surface area (Å²) < 4.78 is 2.25. The van der Waals surface area contributed by atoms with Gasteiger partial charge in [0.15, 0.2) is 0 Å². The van der Waals surface area contributed by atoms with Crippen LogP contribution in [0.1, 0.15) is 50.4 Å². The molecule has 0 saturated carbocycles. The third-order valence-corrected chi connectivity index (χ3v) is 5.88. The van der Waals surface area contributed by atoms with Crippen LogP contribution in [0, 0.1) is 0 Å². The van der Waals surface area contributed by atoms with Gasteiger partial charge in [-0.3, -0.25) is 4.79 Å².